The molecule has 0 bridgehead atoms. The Bertz CT molecular complexity index is 316. The van der Waals surface area contributed by atoms with Gasteiger partial charge in [-0.25, -0.2) is 0 Å². The first-order valence-corrected chi connectivity index (χ1v) is 5.01. The SMILES string of the molecule is COCc1cccc(CC2(O)CC2)c1. The summed E-state index contributed by atoms with van der Waals surface area (Å²) in [5.74, 6) is 0. The minimum atomic E-state index is -0.397. The van der Waals surface area contributed by atoms with Gasteiger partial charge in [0, 0.05) is 13.5 Å². The third kappa shape index (κ3) is 2.34. The van der Waals surface area contributed by atoms with Gasteiger partial charge in [-0.3, -0.25) is 0 Å². The Kier molecular flexibility index (Phi) is 2.57. The highest BCUT2D eigenvalue weighted by atomic mass is 16.5. The van der Waals surface area contributed by atoms with Gasteiger partial charge in [-0.05, 0) is 24.0 Å². The molecule has 2 rings (SSSR count). The second kappa shape index (κ2) is 3.71. The lowest BCUT2D eigenvalue weighted by molar-refractivity contribution is 0.150. The zero-order valence-corrected chi connectivity index (χ0v) is 8.49. The van der Waals surface area contributed by atoms with Crippen LogP contribution in [-0.2, 0) is 17.8 Å². The molecule has 2 heteroatoms. The second-order valence-electron chi connectivity index (χ2n) is 4.15. The summed E-state index contributed by atoms with van der Waals surface area (Å²) in [7, 11) is 1.70. The number of methoxy groups -OCH3 is 1. The lowest BCUT2D eigenvalue weighted by Crippen LogP contribution is -2.10. The van der Waals surface area contributed by atoms with Gasteiger partial charge in [0.2, 0.25) is 0 Å². The maximum absolute atomic E-state index is 9.77. The summed E-state index contributed by atoms with van der Waals surface area (Å²) in [5.41, 5.74) is 1.99. The molecular weight excluding hydrogens is 176 g/mol. The van der Waals surface area contributed by atoms with Gasteiger partial charge >= 0.3 is 0 Å². The van der Waals surface area contributed by atoms with Gasteiger partial charge in [-0.2, -0.15) is 0 Å². The third-order valence-corrected chi connectivity index (χ3v) is 2.66. The molecule has 1 aromatic rings. The lowest BCUT2D eigenvalue weighted by atomic mass is 10.0. The normalized spacial score (nSPS) is 18.1. The maximum atomic E-state index is 9.77. The minimum absolute atomic E-state index is 0.397. The molecule has 0 spiro atoms. The van der Waals surface area contributed by atoms with Gasteiger partial charge in [-0.15, -0.1) is 0 Å². The largest absolute Gasteiger partial charge is 0.390 e. The van der Waals surface area contributed by atoms with Crippen LogP contribution in [0, 0.1) is 0 Å². The molecule has 76 valence electrons. The Balaban J connectivity index is 2.06. The Morgan fingerprint density at radius 3 is 2.71 bits per heavy atom. The fourth-order valence-corrected chi connectivity index (χ4v) is 1.70. The molecule has 0 radical (unpaired) electrons. The van der Waals surface area contributed by atoms with Crippen molar-refractivity contribution in [1.82, 2.24) is 0 Å². The first kappa shape index (κ1) is 9.69. The quantitative estimate of drug-likeness (QED) is 0.789. The summed E-state index contributed by atoms with van der Waals surface area (Å²) in [5, 5.41) is 9.77. The molecule has 1 aromatic carbocycles. The van der Waals surface area contributed by atoms with Gasteiger partial charge in [0.25, 0.3) is 0 Å². The topological polar surface area (TPSA) is 29.5 Å². The summed E-state index contributed by atoms with van der Waals surface area (Å²) >= 11 is 0. The molecular formula is C12H16O2. The summed E-state index contributed by atoms with van der Waals surface area (Å²) < 4.78 is 5.07. The number of benzene rings is 1. The van der Waals surface area contributed by atoms with E-state index in [1.165, 1.54) is 11.1 Å². The van der Waals surface area contributed by atoms with Crippen LogP contribution in [0.15, 0.2) is 24.3 Å². The van der Waals surface area contributed by atoms with E-state index >= 15 is 0 Å². The van der Waals surface area contributed by atoms with Crippen molar-refractivity contribution in [2.75, 3.05) is 7.11 Å². The first-order valence-electron chi connectivity index (χ1n) is 5.01. The first-order chi connectivity index (χ1) is 6.72. The highest BCUT2D eigenvalue weighted by Gasteiger charge is 2.39. The van der Waals surface area contributed by atoms with E-state index in [2.05, 4.69) is 12.1 Å². The zero-order valence-electron chi connectivity index (χ0n) is 8.49. The van der Waals surface area contributed by atoms with Gasteiger partial charge in [0.05, 0.1) is 12.2 Å². The average Bonchev–Trinajstić information content (AvgIpc) is 2.84. The third-order valence-electron chi connectivity index (χ3n) is 2.66. The van der Waals surface area contributed by atoms with Gasteiger partial charge < -0.3 is 9.84 Å². The molecule has 1 saturated carbocycles. The molecule has 1 aliphatic rings. The molecule has 0 heterocycles. The number of hydrogen-bond donors (Lipinski definition) is 1. The van der Waals surface area contributed by atoms with Crippen LogP contribution < -0.4 is 0 Å². The van der Waals surface area contributed by atoms with Crippen molar-refractivity contribution in [3.8, 4) is 0 Å². The van der Waals surface area contributed by atoms with E-state index in [0.29, 0.717) is 6.61 Å². The summed E-state index contributed by atoms with van der Waals surface area (Å²) in [6, 6.07) is 8.24. The molecule has 0 amide bonds. The van der Waals surface area contributed by atoms with Crippen molar-refractivity contribution in [3.05, 3.63) is 35.4 Å². The smallest absolute Gasteiger partial charge is 0.0713 e. The summed E-state index contributed by atoms with van der Waals surface area (Å²) in [6.07, 6.45) is 2.67. The highest BCUT2D eigenvalue weighted by Crippen LogP contribution is 2.38. The minimum Gasteiger partial charge on any atom is -0.390 e. The van der Waals surface area contributed by atoms with Gasteiger partial charge in [0.1, 0.15) is 0 Å². The second-order valence-corrected chi connectivity index (χ2v) is 4.15. The number of rotatable bonds is 4. The molecule has 0 aliphatic heterocycles. The van der Waals surface area contributed by atoms with Crippen molar-refractivity contribution < 1.29 is 9.84 Å². The zero-order chi connectivity index (χ0) is 10.0. The van der Waals surface area contributed by atoms with E-state index in [-0.39, 0.29) is 0 Å². The van der Waals surface area contributed by atoms with Crippen molar-refractivity contribution in [1.29, 1.82) is 0 Å². The molecule has 1 aliphatic carbocycles. The van der Waals surface area contributed by atoms with Crippen LogP contribution in [0.3, 0.4) is 0 Å². The molecule has 0 unspecified atom stereocenters. The van der Waals surface area contributed by atoms with Crippen LogP contribution >= 0.6 is 0 Å². The molecule has 0 atom stereocenters. The number of hydrogen-bond acceptors (Lipinski definition) is 2. The molecule has 1 fully saturated rings. The highest BCUT2D eigenvalue weighted by molar-refractivity contribution is 5.25. The van der Waals surface area contributed by atoms with Crippen LogP contribution in [0.4, 0.5) is 0 Å². The van der Waals surface area contributed by atoms with Crippen LogP contribution in [-0.4, -0.2) is 17.8 Å². The Hall–Kier alpha value is -0.860. The molecule has 0 saturated heterocycles. The fraction of sp³-hybridized carbons (Fsp3) is 0.500. The van der Waals surface area contributed by atoms with Crippen molar-refractivity contribution in [2.24, 2.45) is 0 Å². The molecule has 2 nitrogen and oxygen atoms in total. The van der Waals surface area contributed by atoms with Crippen LogP contribution in [0.5, 0.6) is 0 Å². The molecule has 14 heavy (non-hydrogen) atoms. The number of ether oxygens (including phenoxy) is 1. The average molecular weight is 192 g/mol. The summed E-state index contributed by atoms with van der Waals surface area (Å²) in [6.45, 7) is 0.645. The monoisotopic (exact) mass is 192 g/mol. The molecule has 1 N–H and O–H groups in total. The van der Waals surface area contributed by atoms with Crippen LogP contribution in [0.2, 0.25) is 0 Å². The van der Waals surface area contributed by atoms with Crippen molar-refractivity contribution in [2.45, 2.75) is 31.5 Å². The predicted molar refractivity (Wildman–Crippen MR) is 55.0 cm³/mol. The van der Waals surface area contributed by atoms with E-state index in [4.69, 9.17) is 4.74 Å². The van der Waals surface area contributed by atoms with Crippen molar-refractivity contribution in [3.63, 3.8) is 0 Å². The van der Waals surface area contributed by atoms with E-state index in [1.807, 2.05) is 12.1 Å². The Labute approximate surface area is 84.5 Å². The lowest BCUT2D eigenvalue weighted by Gasteiger charge is -2.08. The van der Waals surface area contributed by atoms with E-state index < -0.39 is 5.60 Å². The summed E-state index contributed by atoms with van der Waals surface area (Å²) in [4.78, 5) is 0. The maximum Gasteiger partial charge on any atom is 0.0713 e. The predicted octanol–water partition coefficient (Wildman–Crippen LogP) is 1.90. The number of aliphatic hydroxyl groups is 1. The van der Waals surface area contributed by atoms with Crippen molar-refractivity contribution >= 4 is 0 Å². The van der Waals surface area contributed by atoms with E-state index in [9.17, 15) is 5.11 Å². The van der Waals surface area contributed by atoms with Crippen LogP contribution in [0.25, 0.3) is 0 Å². The van der Waals surface area contributed by atoms with Gasteiger partial charge in [-0.1, -0.05) is 24.3 Å². The molecule has 0 aromatic heterocycles. The van der Waals surface area contributed by atoms with E-state index in [1.54, 1.807) is 7.11 Å². The fourth-order valence-electron chi connectivity index (χ4n) is 1.70. The Morgan fingerprint density at radius 2 is 2.07 bits per heavy atom. The van der Waals surface area contributed by atoms with Gasteiger partial charge in [0.15, 0.2) is 0 Å². The Morgan fingerprint density at radius 1 is 1.36 bits per heavy atom. The van der Waals surface area contributed by atoms with E-state index in [0.717, 1.165) is 19.3 Å². The van der Waals surface area contributed by atoms with Crippen LogP contribution in [0.1, 0.15) is 24.0 Å². The standard InChI is InChI=1S/C12H16O2/c1-14-9-11-4-2-3-10(7-11)8-12(13)5-6-12/h2-4,7,13H,5-6,8-9H2,1H3.